The molecule has 0 saturated heterocycles. The summed E-state index contributed by atoms with van der Waals surface area (Å²) in [5, 5.41) is 0. The highest BCUT2D eigenvalue weighted by Gasteiger charge is 2.00. The number of aliphatic imine (C=N–C) groups is 2. The summed E-state index contributed by atoms with van der Waals surface area (Å²) in [5.74, 6) is 0. The van der Waals surface area contributed by atoms with E-state index >= 15 is 0 Å². The second-order valence-electron chi connectivity index (χ2n) is 1.59. The molecule has 0 N–H and O–H groups in total. The Morgan fingerprint density at radius 2 is 2.10 bits per heavy atom. The van der Waals surface area contributed by atoms with Crippen LogP contribution in [0.5, 0.6) is 0 Å². The lowest BCUT2D eigenvalue weighted by Gasteiger charge is -1.97. The Hall–Kier alpha value is -1.50. The van der Waals surface area contributed by atoms with E-state index in [1.165, 1.54) is 12.2 Å². The number of rotatable bonds is 3. The molecular weight excluding hydrogens is 132 g/mol. The maximum atomic E-state index is 9.65. The molecule has 4 heteroatoms. The van der Waals surface area contributed by atoms with E-state index in [2.05, 4.69) is 16.6 Å². The smallest absolute Gasteiger partial charge is 0.211 e. The summed E-state index contributed by atoms with van der Waals surface area (Å²) >= 11 is 0. The lowest BCUT2D eigenvalue weighted by Crippen LogP contribution is -1.97. The summed E-state index contributed by atoms with van der Waals surface area (Å²) in [7, 11) is 0. The van der Waals surface area contributed by atoms with E-state index in [1.54, 1.807) is 6.92 Å². The molecule has 0 fully saturated rings. The molecule has 0 aromatic carbocycles. The SMILES string of the molecule is C=C(N=C=O)C(C)N=C=O. The van der Waals surface area contributed by atoms with Crippen LogP contribution in [0.1, 0.15) is 6.92 Å². The molecule has 0 saturated carbocycles. The predicted octanol–water partition coefficient (Wildman–Crippen LogP) is 0.560. The normalized spacial score (nSPS) is 10.5. The molecule has 0 aromatic heterocycles. The first-order valence-electron chi connectivity index (χ1n) is 2.56. The van der Waals surface area contributed by atoms with Gasteiger partial charge in [-0.15, -0.1) is 0 Å². The Kier molecular flexibility index (Phi) is 3.73. The first-order valence-corrected chi connectivity index (χ1v) is 2.56. The molecule has 0 aliphatic carbocycles. The quantitative estimate of drug-likeness (QED) is 0.422. The van der Waals surface area contributed by atoms with E-state index in [1.807, 2.05) is 0 Å². The van der Waals surface area contributed by atoms with Gasteiger partial charge in [0.2, 0.25) is 12.2 Å². The fourth-order valence-corrected chi connectivity index (χ4v) is 0.306. The Morgan fingerprint density at radius 1 is 1.50 bits per heavy atom. The van der Waals surface area contributed by atoms with Gasteiger partial charge in [-0.25, -0.2) is 9.59 Å². The van der Waals surface area contributed by atoms with Crippen molar-refractivity contribution < 1.29 is 9.59 Å². The maximum absolute atomic E-state index is 9.65. The molecule has 0 spiro atoms. The van der Waals surface area contributed by atoms with Crippen LogP contribution in [0, 0.1) is 0 Å². The number of hydrogen-bond donors (Lipinski definition) is 0. The van der Waals surface area contributed by atoms with Crippen LogP contribution < -0.4 is 0 Å². The van der Waals surface area contributed by atoms with Crippen LogP contribution in [-0.2, 0) is 9.59 Å². The number of hydrogen-bond acceptors (Lipinski definition) is 4. The average molecular weight is 138 g/mol. The van der Waals surface area contributed by atoms with Gasteiger partial charge in [0.1, 0.15) is 6.04 Å². The van der Waals surface area contributed by atoms with Gasteiger partial charge in [-0.2, -0.15) is 9.98 Å². The van der Waals surface area contributed by atoms with E-state index in [4.69, 9.17) is 0 Å². The molecule has 0 bridgehead atoms. The lowest BCUT2D eigenvalue weighted by molar-refractivity contribution is 0.558. The maximum Gasteiger partial charge on any atom is 0.240 e. The third kappa shape index (κ3) is 2.72. The molecule has 0 aromatic rings. The third-order valence-electron chi connectivity index (χ3n) is 0.918. The van der Waals surface area contributed by atoms with Crippen LogP contribution in [0.25, 0.3) is 0 Å². The second-order valence-corrected chi connectivity index (χ2v) is 1.59. The Morgan fingerprint density at radius 3 is 2.50 bits per heavy atom. The molecule has 4 nitrogen and oxygen atoms in total. The minimum absolute atomic E-state index is 0.207. The largest absolute Gasteiger partial charge is 0.240 e. The standard InChI is InChI=1S/C6H6N2O2/c1-5(7-3-9)6(2)8-4-10/h6H,1H2,2H3. The van der Waals surface area contributed by atoms with Crippen molar-refractivity contribution in [1.82, 2.24) is 0 Å². The van der Waals surface area contributed by atoms with E-state index in [-0.39, 0.29) is 5.70 Å². The third-order valence-corrected chi connectivity index (χ3v) is 0.918. The molecule has 1 atom stereocenters. The summed E-state index contributed by atoms with van der Waals surface area (Å²) in [6, 6.07) is -0.487. The summed E-state index contributed by atoms with van der Waals surface area (Å²) in [5.41, 5.74) is 0.207. The lowest BCUT2D eigenvalue weighted by atomic mass is 10.3. The molecule has 0 heterocycles. The molecule has 0 radical (unpaired) electrons. The predicted molar refractivity (Wildman–Crippen MR) is 34.8 cm³/mol. The van der Waals surface area contributed by atoms with Crippen LogP contribution in [0.4, 0.5) is 0 Å². The van der Waals surface area contributed by atoms with Crippen molar-refractivity contribution in [3.63, 3.8) is 0 Å². The second kappa shape index (κ2) is 4.39. The zero-order valence-corrected chi connectivity index (χ0v) is 5.50. The summed E-state index contributed by atoms with van der Waals surface area (Å²) in [6.07, 6.45) is 2.62. The Balaban J connectivity index is 4.20. The van der Waals surface area contributed by atoms with E-state index in [0.29, 0.717) is 0 Å². The Bertz CT molecular complexity index is 222. The molecule has 0 rings (SSSR count). The molecular formula is C6H6N2O2. The van der Waals surface area contributed by atoms with Gasteiger partial charge in [-0.3, -0.25) is 0 Å². The van der Waals surface area contributed by atoms with E-state index in [0.717, 1.165) is 0 Å². The Labute approximate surface area is 58.0 Å². The molecule has 0 aliphatic heterocycles. The fourth-order valence-electron chi connectivity index (χ4n) is 0.306. The zero-order chi connectivity index (χ0) is 7.98. The van der Waals surface area contributed by atoms with E-state index in [9.17, 15) is 9.59 Å². The van der Waals surface area contributed by atoms with Crippen LogP contribution in [0.3, 0.4) is 0 Å². The number of nitrogens with zero attached hydrogens (tertiary/aromatic N) is 2. The van der Waals surface area contributed by atoms with Crippen molar-refractivity contribution in [3.05, 3.63) is 12.3 Å². The van der Waals surface area contributed by atoms with Crippen molar-refractivity contribution in [3.8, 4) is 0 Å². The minimum Gasteiger partial charge on any atom is -0.211 e. The molecule has 1 unspecified atom stereocenters. The van der Waals surface area contributed by atoms with Gasteiger partial charge in [-0.05, 0) is 6.92 Å². The fraction of sp³-hybridized carbons (Fsp3) is 0.333. The minimum atomic E-state index is -0.487. The molecule has 52 valence electrons. The molecule has 10 heavy (non-hydrogen) atoms. The van der Waals surface area contributed by atoms with Crippen molar-refractivity contribution in [2.45, 2.75) is 13.0 Å². The number of carbonyl (C=O) groups excluding carboxylic acids is 2. The topological polar surface area (TPSA) is 58.9 Å². The highest BCUT2D eigenvalue weighted by atomic mass is 16.1. The van der Waals surface area contributed by atoms with Crippen molar-refractivity contribution in [1.29, 1.82) is 0 Å². The summed E-state index contributed by atoms with van der Waals surface area (Å²) in [4.78, 5) is 25.7. The van der Waals surface area contributed by atoms with Crippen molar-refractivity contribution in [2.24, 2.45) is 9.98 Å². The van der Waals surface area contributed by atoms with Gasteiger partial charge >= 0.3 is 0 Å². The zero-order valence-electron chi connectivity index (χ0n) is 5.50. The van der Waals surface area contributed by atoms with Crippen LogP contribution >= 0.6 is 0 Å². The average Bonchev–Trinajstić information content (AvgIpc) is 1.89. The van der Waals surface area contributed by atoms with Gasteiger partial charge in [0.05, 0.1) is 5.70 Å². The summed E-state index contributed by atoms with van der Waals surface area (Å²) in [6.45, 7) is 4.94. The van der Waals surface area contributed by atoms with Crippen molar-refractivity contribution in [2.75, 3.05) is 0 Å². The van der Waals surface area contributed by atoms with E-state index < -0.39 is 6.04 Å². The molecule has 0 aliphatic rings. The van der Waals surface area contributed by atoms with Crippen LogP contribution in [0.15, 0.2) is 22.3 Å². The van der Waals surface area contributed by atoms with Gasteiger partial charge in [-0.1, -0.05) is 6.58 Å². The highest BCUT2D eigenvalue weighted by Crippen LogP contribution is 2.01. The van der Waals surface area contributed by atoms with Gasteiger partial charge in [0.25, 0.3) is 0 Å². The highest BCUT2D eigenvalue weighted by molar-refractivity contribution is 5.39. The molecule has 0 amide bonds. The first kappa shape index (κ1) is 8.50. The number of isocyanates is 2. The summed E-state index contributed by atoms with van der Waals surface area (Å²) < 4.78 is 0. The monoisotopic (exact) mass is 138 g/mol. The van der Waals surface area contributed by atoms with Gasteiger partial charge < -0.3 is 0 Å². The van der Waals surface area contributed by atoms with Crippen LogP contribution in [0.2, 0.25) is 0 Å². The van der Waals surface area contributed by atoms with Crippen molar-refractivity contribution >= 4 is 12.2 Å². The van der Waals surface area contributed by atoms with Crippen LogP contribution in [-0.4, -0.2) is 18.2 Å². The van der Waals surface area contributed by atoms with Gasteiger partial charge in [0, 0.05) is 0 Å². The van der Waals surface area contributed by atoms with Gasteiger partial charge in [0.15, 0.2) is 0 Å². The first-order chi connectivity index (χ1) is 4.72.